The van der Waals surface area contributed by atoms with Crippen molar-refractivity contribution in [1.29, 1.82) is 0 Å². The molecule has 0 aliphatic carbocycles. The molecule has 3 atom stereocenters. The van der Waals surface area contributed by atoms with Crippen LogP contribution in [0.25, 0.3) is 0 Å². The lowest BCUT2D eigenvalue weighted by atomic mass is 9.90. The number of carbonyl (C=O) groups excluding carboxylic acids is 2. The molecule has 2 N–H and O–H groups in total. The lowest BCUT2D eigenvalue weighted by molar-refractivity contribution is -0.124. The van der Waals surface area contributed by atoms with E-state index in [2.05, 4.69) is 14.4 Å². The van der Waals surface area contributed by atoms with Crippen molar-refractivity contribution in [2.45, 2.75) is 27.2 Å². The van der Waals surface area contributed by atoms with E-state index < -0.39 is 7.82 Å². The van der Waals surface area contributed by atoms with Gasteiger partial charge in [0, 0.05) is 25.6 Å². The highest BCUT2D eigenvalue weighted by molar-refractivity contribution is 7.47. The molecule has 0 aromatic carbocycles. The van der Waals surface area contributed by atoms with Gasteiger partial charge in [-0.3, -0.25) is 19.0 Å². The van der Waals surface area contributed by atoms with Gasteiger partial charge in [0.25, 0.3) is 0 Å². The molecule has 8 heteroatoms. The Kier molecular flexibility index (Phi) is 7.59. The Bertz CT molecular complexity index is 395. The molecule has 0 aromatic rings. The Morgan fingerprint density at radius 3 is 2.47 bits per heavy atom. The SMILES string of the molecule is COP(=O)(O)O/C=C/NC(=O)CC(C)C(C)C(C)=O. The van der Waals surface area contributed by atoms with Gasteiger partial charge in [0.1, 0.15) is 12.0 Å². The molecule has 7 nitrogen and oxygen atoms in total. The van der Waals surface area contributed by atoms with E-state index in [4.69, 9.17) is 4.89 Å². The highest BCUT2D eigenvalue weighted by atomic mass is 31.2. The van der Waals surface area contributed by atoms with Gasteiger partial charge in [-0.1, -0.05) is 13.8 Å². The first-order chi connectivity index (χ1) is 8.69. The first-order valence-corrected chi connectivity index (χ1v) is 7.21. The Morgan fingerprint density at radius 1 is 1.42 bits per heavy atom. The maximum Gasteiger partial charge on any atom is 0.526 e. The molecule has 1 amide bonds. The third-order valence-electron chi connectivity index (χ3n) is 2.74. The third kappa shape index (κ3) is 7.77. The number of hydrogen-bond donors (Lipinski definition) is 2. The molecule has 0 bridgehead atoms. The van der Waals surface area contributed by atoms with Crippen LogP contribution in [0.2, 0.25) is 0 Å². The second-order valence-electron chi connectivity index (χ2n) is 4.21. The molecule has 0 rings (SSSR count). The summed E-state index contributed by atoms with van der Waals surface area (Å²) in [4.78, 5) is 31.5. The number of amides is 1. The quantitative estimate of drug-likeness (QED) is 0.520. The molecule has 110 valence electrons. The van der Waals surface area contributed by atoms with E-state index in [9.17, 15) is 14.2 Å². The minimum absolute atomic E-state index is 0.0282. The number of rotatable bonds is 8. The van der Waals surface area contributed by atoms with Crippen molar-refractivity contribution in [2.75, 3.05) is 7.11 Å². The average Bonchev–Trinajstić information content (AvgIpc) is 2.33. The van der Waals surface area contributed by atoms with Crippen molar-refractivity contribution in [3.05, 3.63) is 12.5 Å². The minimum atomic E-state index is -4.07. The smallest absolute Gasteiger partial charge is 0.411 e. The fraction of sp³-hybridized carbons (Fsp3) is 0.636. The van der Waals surface area contributed by atoms with Crippen molar-refractivity contribution in [2.24, 2.45) is 11.8 Å². The minimum Gasteiger partial charge on any atom is -0.411 e. The summed E-state index contributed by atoms with van der Waals surface area (Å²) in [7, 11) is -3.05. The first-order valence-electron chi connectivity index (χ1n) is 5.71. The van der Waals surface area contributed by atoms with E-state index in [1.165, 1.54) is 6.92 Å². The maximum absolute atomic E-state index is 11.5. The fourth-order valence-electron chi connectivity index (χ4n) is 1.21. The molecule has 0 saturated carbocycles. The second kappa shape index (κ2) is 8.09. The summed E-state index contributed by atoms with van der Waals surface area (Å²) in [6.07, 6.45) is 2.13. The van der Waals surface area contributed by atoms with Crippen molar-refractivity contribution in [3.63, 3.8) is 0 Å². The summed E-state index contributed by atoms with van der Waals surface area (Å²) < 4.78 is 19.4. The normalized spacial score (nSPS) is 17.5. The van der Waals surface area contributed by atoms with Crippen LogP contribution in [0.15, 0.2) is 12.5 Å². The summed E-state index contributed by atoms with van der Waals surface area (Å²) in [5.74, 6) is -0.571. The van der Waals surface area contributed by atoms with Gasteiger partial charge in [-0.15, -0.1) is 0 Å². The van der Waals surface area contributed by atoms with Gasteiger partial charge < -0.3 is 9.84 Å². The number of Topliss-reactive ketones (excluding diaryl/α,β-unsaturated/α-hetero) is 1. The monoisotopic (exact) mass is 293 g/mol. The summed E-state index contributed by atoms with van der Waals surface area (Å²) in [5, 5.41) is 2.36. The van der Waals surface area contributed by atoms with Gasteiger partial charge in [-0.25, -0.2) is 4.57 Å². The number of phosphoric ester groups is 1. The zero-order valence-electron chi connectivity index (χ0n) is 11.5. The molecule has 0 aliphatic heterocycles. The molecule has 0 fully saturated rings. The fourth-order valence-corrected chi connectivity index (χ4v) is 1.51. The molecule has 3 unspecified atom stereocenters. The van der Waals surface area contributed by atoms with Crippen LogP contribution in [0.5, 0.6) is 0 Å². The molecule has 0 aliphatic rings. The van der Waals surface area contributed by atoms with Crippen LogP contribution >= 0.6 is 7.82 Å². The molecular weight excluding hydrogens is 273 g/mol. The number of hydrogen-bond acceptors (Lipinski definition) is 5. The van der Waals surface area contributed by atoms with Crippen molar-refractivity contribution in [3.8, 4) is 0 Å². The van der Waals surface area contributed by atoms with Crippen molar-refractivity contribution < 1.29 is 28.1 Å². The van der Waals surface area contributed by atoms with Gasteiger partial charge in [-0.2, -0.15) is 0 Å². The Labute approximate surface area is 112 Å². The number of phosphoric acid groups is 1. The Balaban J connectivity index is 4.10. The lowest BCUT2D eigenvalue weighted by Gasteiger charge is -2.15. The van der Waals surface area contributed by atoms with Gasteiger partial charge in [0.05, 0.1) is 0 Å². The summed E-state index contributed by atoms with van der Waals surface area (Å²) in [6.45, 7) is 5.05. The number of nitrogens with one attached hydrogen (secondary N) is 1. The summed E-state index contributed by atoms with van der Waals surface area (Å²) in [6, 6.07) is 0. The van der Waals surface area contributed by atoms with Crippen LogP contribution in [-0.4, -0.2) is 23.7 Å². The van der Waals surface area contributed by atoms with Gasteiger partial charge >= 0.3 is 7.82 Å². The van der Waals surface area contributed by atoms with Crippen LogP contribution < -0.4 is 5.32 Å². The van der Waals surface area contributed by atoms with Crippen LogP contribution in [0.1, 0.15) is 27.2 Å². The van der Waals surface area contributed by atoms with Gasteiger partial charge in [-0.05, 0) is 12.8 Å². The van der Waals surface area contributed by atoms with E-state index in [1.54, 1.807) is 13.8 Å². The van der Waals surface area contributed by atoms with Crippen molar-refractivity contribution >= 4 is 19.5 Å². The van der Waals surface area contributed by atoms with Crippen LogP contribution in [0, 0.1) is 11.8 Å². The lowest BCUT2D eigenvalue weighted by Crippen LogP contribution is -2.25. The highest BCUT2D eigenvalue weighted by Crippen LogP contribution is 2.41. The van der Waals surface area contributed by atoms with E-state index in [0.717, 1.165) is 19.6 Å². The second-order valence-corrected chi connectivity index (χ2v) is 5.72. The standard InChI is InChI=1S/C11H20NO6P/c1-8(9(2)10(3)13)7-11(14)12-5-6-18-19(15,16)17-4/h5-6,8-9H,7H2,1-4H3,(H,12,14)(H,15,16)/b6-5+. The zero-order valence-corrected chi connectivity index (χ0v) is 12.3. The highest BCUT2D eigenvalue weighted by Gasteiger charge is 2.19. The zero-order chi connectivity index (χ0) is 15.1. The van der Waals surface area contributed by atoms with E-state index in [0.29, 0.717) is 0 Å². The van der Waals surface area contributed by atoms with Crippen LogP contribution in [-0.2, 0) is 23.2 Å². The topological polar surface area (TPSA) is 102 Å². The molecule has 0 spiro atoms. The van der Waals surface area contributed by atoms with E-state index in [1.807, 2.05) is 0 Å². The molecule has 0 heterocycles. The molecule has 0 aromatic heterocycles. The van der Waals surface area contributed by atoms with Gasteiger partial charge in [0.2, 0.25) is 5.91 Å². The number of carbonyl (C=O) groups is 2. The van der Waals surface area contributed by atoms with E-state index >= 15 is 0 Å². The van der Waals surface area contributed by atoms with Crippen LogP contribution in [0.3, 0.4) is 0 Å². The van der Waals surface area contributed by atoms with Crippen LogP contribution in [0.4, 0.5) is 0 Å². The third-order valence-corrected chi connectivity index (χ3v) is 3.59. The van der Waals surface area contributed by atoms with E-state index in [-0.39, 0.29) is 29.9 Å². The molecular formula is C11H20NO6P. The first kappa shape index (κ1) is 17.8. The Hall–Kier alpha value is -1.17. The van der Waals surface area contributed by atoms with Crippen molar-refractivity contribution in [1.82, 2.24) is 5.32 Å². The number of ketones is 1. The summed E-state index contributed by atoms with van der Waals surface area (Å²) >= 11 is 0. The molecule has 19 heavy (non-hydrogen) atoms. The van der Waals surface area contributed by atoms with Gasteiger partial charge in [0.15, 0.2) is 0 Å². The predicted octanol–water partition coefficient (Wildman–Crippen LogP) is 1.59. The average molecular weight is 293 g/mol. The largest absolute Gasteiger partial charge is 0.526 e. The maximum atomic E-state index is 11.5. The molecule has 0 radical (unpaired) electrons. The molecule has 0 saturated heterocycles. The summed E-state index contributed by atoms with van der Waals surface area (Å²) in [5.41, 5.74) is 0. The predicted molar refractivity (Wildman–Crippen MR) is 68.8 cm³/mol. The Morgan fingerprint density at radius 2 is 2.00 bits per heavy atom.